The summed E-state index contributed by atoms with van der Waals surface area (Å²) in [4.78, 5) is 4.25. The molecule has 0 saturated carbocycles. The summed E-state index contributed by atoms with van der Waals surface area (Å²) in [7, 11) is 3.50. The maximum atomic E-state index is 5.70. The fourth-order valence-corrected chi connectivity index (χ4v) is 2.31. The fraction of sp³-hybridized carbons (Fsp3) is 0.588. The van der Waals surface area contributed by atoms with E-state index in [0.717, 1.165) is 62.0 Å². The highest BCUT2D eigenvalue weighted by atomic mass is 127. The molecular formula is C17H28IN3O3. The lowest BCUT2D eigenvalue weighted by Crippen LogP contribution is -2.31. The Hall–Kier alpha value is -1.22. The minimum atomic E-state index is 0. The van der Waals surface area contributed by atoms with Crippen molar-refractivity contribution in [3.63, 3.8) is 0 Å². The van der Waals surface area contributed by atoms with Gasteiger partial charge >= 0.3 is 0 Å². The van der Waals surface area contributed by atoms with Crippen LogP contribution in [0.2, 0.25) is 0 Å². The lowest BCUT2D eigenvalue weighted by Gasteiger charge is -2.14. The Labute approximate surface area is 161 Å². The number of methoxy groups -OCH3 is 1. The van der Waals surface area contributed by atoms with Gasteiger partial charge in [0.2, 0.25) is 0 Å². The number of halogens is 1. The predicted molar refractivity (Wildman–Crippen MR) is 108 cm³/mol. The molecule has 1 aromatic carbocycles. The largest absolute Gasteiger partial charge is 0.490 e. The lowest BCUT2D eigenvalue weighted by atomic mass is 10.2. The number of ether oxygens (including phenoxy) is 3. The van der Waals surface area contributed by atoms with E-state index in [-0.39, 0.29) is 24.0 Å². The molecule has 0 radical (unpaired) electrons. The summed E-state index contributed by atoms with van der Waals surface area (Å²) in [6.45, 7) is 3.09. The van der Waals surface area contributed by atoms with Crippen molar-refractivity contribution in [3.8, 4) is 11.5 Å². The molecule has 24 heavy (non-hydrogen) atoms. The van der Waals surface area contributed by atoms with Gasteiger partial charge in [-0.2, -0.15) is 0 Å². The Bertz CT molecular complexity index is 512. The van der Waals surface area contributed by atoms with Gasteiger partial charge in [0, 0.05) is 45.5 Å². The molecule has 1 aliphatic rings. The second kappa shape index (κ2) is 12.2. The van der Waals surface area contributed by atoms with Crippen molar-refractivity contribution in [2.75, 3.05) is 45.8 Å². The molecule has 0 aromatic heterocycles. The number of aliphatic imine (C=N–C) groups is 1. The van der Waals surface area contributed by atoms with E-state index in [1.807, 2.05) is 18.2 Å². The highest BCUT2D eigenvalue weighted by Crippen LogP contribution is 2.32. The third-order valence-electron chi connectivity index (χ3n) is 3.55. The molecule has 6 nitrogen and oxygen atoms in total. The summed E-state index contributed by atoms with van der Waals surface area (Å²) >= 11 is 0. The summed E-state index contributed by atoms with van der Waals surface area (Å²) in [5.41, 5.74) is 0.932. The van der Waals surface area contributed by atoms with Gasteiger partial charge in [-0.15, -0.1) is 24.0 Å². The van der Waals surface area contributed by atoms with Gasteiger partial charge in [0.25, 0.3) is 0 Å². The molecule has 2 rings (SSSR count). The zero-order valence-electron chi connectivity index (χ0n) is 14.5. The average molecular weight is 449 g/mol. The molecule has 0 spiro atoms. The molecule has 0 fully saturated rings. The van der Waals surface area contributed by atoms with Crippen molar-refractivity contribution in [1.82, 2.24) is 5.32 Å². The summed E-state index contributed by atoms with van der Waals surface area (Å²) in [5, 5.41) is 6.59. The summed E-state index contributed by atoms with van der Waals surface area (Å²) in [6.07, 6.45) is 4.23. The van der Waals surface area contributed by atoms with Gasteiger partial charge < -0.3 is 24.8 Å². The quantitative estimate of drug-likeness (QED) is 0.290. The van der Waals surface area contributed by atoms with E-state index in [4.69, 9.17) is 14.2 Å². The summed E-state index contributed by atoms with van der Waals surface area (Å²) in [5.74, 6) is 2.34. The van der Waals surface area contributed by atoms with Crippen LogP contribution >= 0.6 is 24.0 Å². The fourth-order valence-electron chi connectivity index (χ4n) is 2.31. The topological polar surface area (TPSA) is 64.1 Å². The minimum Gasteiger partial charge on any atom is -0.490 e. The van der Waals surface area contributed by atoms with E-state index in [1.165, 1.54) is 0 Å². The van der Waals surface area contributed by atoms with E-state index in [1.54, 1.807) is 14.2 Å². The number of nitrogens with zero attached hydrogens (tertiary/aromatic N) is 1. The van der Waals surface area contributed by atoms with Crippen molar-refractivity contribution < 1.29 is 14.2 Å². The number of anilines is 1. The number of benzene rings is 1. The normalized spacial score (nSPS) is 13.7. The van der Waals surface area contributed by atoms with Crippen LogP contribution in [0.1, 0.15) is 25.7 Å². The zero-order valence-corrected chi connectivity index (χ0v) is 16.8. The third kappa shape index (κ3) is 7.12. The van der Waals surface area contributed by atoms with Gasteiger partial charge in [0.1, 0.15) is 0 Å². The molecule has 0 bridgehead atoms. The number of rotatable bonds is 7. The number of fused-ring (bicyclic) bond motifs is 1. The number of hydrogen-bond acceptors (Lipinski definition) is 4. The van der Waals surface area contributed by atoms with Crippen molar-refractivity contribution in [1.29, 1.82) is 0 Å². The molecule has 0 atom stereocenters. The van der Waals surface area contributed by atoms with Gasteiger partial charge in [-0.05, 0) is 31.4 Å². The SMILES string of the molecule is CN=C(NCCCCCOC)Nc1ccc2c(c1)OCCCO2.I. The second-order valence-corrected chi connectivity index (χ2v) is 5.39. The van der Waals surface area contributed by atoms with Gasteiger partial charge in [0.15, 0.2) is 17.5 Å². The van der Waals surface area contributed by atoms with Crippen LogP contribution in [-0.2, 0) is 4.74 Å². The molecule has 0 unspecified atom stereocenters. The van der Waals surface area contributed by atoms with Crippen molar-refractivity contribution in [2.24, 2.45) is 4.99 Å². The highest BCUT2D eigenvalue weighted by Gasteiger charge is 2.11. The Morgan fingerprint density at radius 1 is 1.17 bits per heavy atom. The van der Waals surface area contributed by atoms with Crippen molar-refractivity contribution in [2.45, 2.75) is 25.7 Å². The van der Waals surface area contributed by atoms with E-state index in [0.29, 0.717) is 13.2 Å². The molecule has 136 valence electrons. The van der Waals surface area contributed by atoms with Crippen LogP contribution in [0.15, 0.2) is 23.2 Å². The van der Waals surface area contributed by atoms with Crippen LogP contribution in [0.25, 0.3) is 0 Å². The first kappa shape index (κ1) is 20.8. The monoisotopic (exact) mass is 449 g/mol. The van der Waals surface area contributed by atoms with E-state index in [2.05, 4.69) is 15.6 Å². The molecule has 7 heteroatoms. The van der Waals surface area contributed by atoms with E-state index in [9.17, 15) is 0 Å². The van der Waals surface area contributed by atoms with Crippen LogP contribution in [-0.4, -0.2) is 46.5 Å². The van der Waals surface area contributed by atoms with Gasteiger partial charge in [0.05, 0.1) is 13.2 Å². The van der Waals surface area contributed by atoms with Crippen LogP contribution in [0.4, 0.5) is 5.69 Å². The predicted octanol–water partition coefficient (Wildman–Crippen LogP) is 3.27. The first-order chi connectivity index (χ1) is 11.3. The van der Waals surface area contributed by atoms with Crippen LogP contribution in [0.5, 0.6) is 11.5 Å². The standard InChI is InChI=1S/C17H27N3O3.HI/c1-18-17(19-9-4-3-5-10-21-2)20-14-7-8-15-16(13-14)23-12-6-11-22-15;/h7-8,13H,3-6,9-12H2,1-2H3,(H2,18,19,20);1H. The highest BCUT2D eigenvalue weighted by molar-refractivity contribution is 14.0. The lowest BCUT2D eigenvalue weighted by molar-refractivity contribution is 0.192. The third-order valence-corrected chi connectivity index (χ3v) is 3.55. The maximum Gasteiger partial charge on any atom is 0.195 e. The minimum absolute atomic E-state index is 0. The number of guanidine groups is 1. The van der Waals surface area contributed by atoms with Crippen LogP contribution < -0.4 is 20.1 Å². The Balaban J connectivity index is 0.00000288. The number of hydrogen-bond donors (Lipinski definition) is 2. The molecule has 0 aliphatic carbocycles. The van der Waals surface area contributed by atoms with Crippen LogP contribution in [0, 0.1) is 0 Å². The van der Waals surface area contributed by atoms with Gasteiger partial charge in [-0.1, -0.05) is 0 Å². The maximum absolute atomic E-state index is 5.70. The first-order valence-corrected chi connectivity index (χ1v) is 8.19. The van der Waals surface area contributed by atoms with Crippen molar-refractivity contribution >= 4 is 35.6 Å². The second-order valence-electron chi connectivity index (χ2n) is 5.39. The molecule has 1 aliphatic heterocycles. The molecule has 0 saturated heterocycles. The zero-order chi connectivity index (χ0) is 16.3. The number of nitrogens with one attached hydrogen (secondary N) is 2. The summed E-state index contributed by atoms with van der Waals surface area (Å²) < 4.78 is 16.4. The Morgan fingerprint density at radius 3 is 2.71 bits per heavy atom. The van der Waals surface area contributed by atoms with Gasteiger partial charge in [-0.3, -0.25) is 4.99 Å². The first-order valence-electron chi connectivity index (χ1n) is 8.19. The Kier molecular flexibility index (Phi) is 10.6. The molecule has 1 aromatic rings. The van der Waals surface area contributed by atoms with E-state index >= 15 is 0 Å². The molecule has 2 N–H and O–H groups in total. The summed E-state index contributed by atoms with van der Waals surface area (Å²) in [6, 6.07) is 5.85. The van der Waals surface area contributed by atoms with Crippen LogP contribution in [0.3, 0.4) is 0 Å². The van der Waals surface area contributed by atoms with E-state index < -0.39 is 0 Å². The number of unbranched alkanes of at least 4 members (excludes halogenated alkanes) is 2. The molecule has 1 heterocycles. The molecular weight excluding hydrogens is 421 g/mol. The van der Waals surface area contributed by atoms with Gasteiger partial charge in [-0.25, -0.2) is 0 Å². The van der Waals surface area contributed by atoms with Crippen molar-refractivity contribution in [3.05, 3.63) is 18.2 Å². The average Bonchev–Trinajstić information content (AvgIpc) is 2.81. The molecule has 0 amide bonds. The Morgan fingerprint density at radius 2 is 1.96 bits per heavy atom. The smallest absolute Gasteiger partial charge is 0.195 e.